The van der Waals surface area contributed by atoms with Crippen LogP contribution in [-0.4, -0.2) is 29.0 Å². The van der Waals surface area contributed by atoms with Crippen molar-refractivity contribution in [1.82, 2.24) is 9.97 Å². The lowest BCUT2D eigenvalue weighted by atomic mass is 10.2. The molecule has 0 spiro atoms. The number of methoxy groups -OCH3 is 1. The molecule has 0 unspecified atom stereocenters. The van der Waals surface area contributed by atoms with Gasteiger partial charge in [-0.05, 0) is 38.5 Å². The van der Waals surface area contributed by atoms with E-state index in [4.69, 9.17) is 4.74 Å². The second-order valence-corrected chi connectivity index (χ2v) is 7.05. The molecule has 1 aromatic heterocycles. The molecule has 1 N–H and O–H groups in total. The monoisotopic (exact) mass is 390 g/mol. The zero-order chi connectivity index (χ0) is 20.8. The van der Waals surface area contributed by atoms with Crippen LogP contribution in [-0.2, 0) is 6.54 Å². The Morgan fingerprint density at radius 2 is 1.83 bits per heavy atom. The number of hydrogen-bond acceptors (Lipinski definition) is 5. The SMILES string of the molecule is COc1cccc(NC(=O)c2cc(N(Cc3ccccc3)C(C)C)nc(C)n2)c1. The number of carbonyl (C=O) groups excluding carboxylic acids is 1. The fourth-order valence-electron chi connectivity index (χ4n) is 3.02. The Labute approximate surface area is 171 Å². The fraction of sp³-hybridized carbons (Fsp3) is 0.261. The standard InChI is InChI=1S/C23H26N4O2/c1-16(2)27(15-18-9-6-5-7-10-18)22-14-21(24-17(3)25-22)23(28)26-19-11-8-12-20(13-19)29-4/h5-14,16H,15H2,1-4H3,(H,26,28). The van der Waals surface area contributed by atoms with E-state index in [2.05, 4.69) is 46.2 Å². The minimum atomic E-state index is -0.284. The second kappa shape index (κ2) is 9.19. The Bertz CT molecular complexity index is 974. The zero-order valence-electron chi connectivity index (χ0n) is 17.2. The van der Waals surface area contributed by atoms with E-state index in [0.29, 0.717) is 29.5 Å². The summed E-state index contributed by atoms with van der Waals surface area (Å²) >= 11 is 0. The number of ether oxygens (including phenoxy) is 1. The summed E-state index contributed by atoms with van der Waals surface area (Å²) in [6.07, 6.45) is 0. The Kier molecular flexibility index (Phi) is 6.44. The Morgan fingerprint density at radius 3 is 2.52 bits per heavy atom. The van der Waals surface area contributed by atoms with Gasteiger partial charge in [-0.2, -0.15) is 0 Å². The number of hydrogen-bond donors (Lipinski definition) is 1. The van der Waals surface area contributed by atoms with Gasteiger partial charge < -0.3 is 15.0 Å². The molecule has 3 rings (SSSR count). The molecule has 0 atom stereocenters. The number of rotatable bonds is 7. The van der Waals surface area contributed by atoms with Gasteiger partial charge in [-0.25, -0.2) is 9.97 Å². The summed E-state index contributed by atoms with van der Waals surface area (Å²) in [6, 6.07) is 19.4. The van der Waals surface area contributed by atoms with Crippen molar-refractivity contribution in [2.24, 2.45) is 0 Å². The van der Waals surface area contributed by atoms with E-state index in [-0.39, 0.29) is 11.9 Å². The van der Waals surface area contributed by atoms with E-state index in [0.717, 1.165) is 5.82 Å². The van der Waals surface area contributed by atoms with Crippen LogP contribution in [0, 0.1) is 6.92 Å². The molecule has 3 aromatic rings. The normalized spacial score (nSPS) is 10.7. The number of nitrogens with one attached hydrogen (secondary N) is 1. The van der Waals surface area contributed by atoms with E-state index < -0.39 is 0 Å². The molecule has 6 heteroatoms. The van der Waals surface area contributed by atoms with Gasteiger partial charge >= 0.3 is 0 Å². The van der Waals surface area contributed by atoms with Crippen LogP contribution in [0.5, 0.6) is 5.75 Å². The lowest BCUT2D eigenvalue weighted by Gasteiger charge is -2.28. The third-order valence-electron chi connectivity index (χ3n) is 4.50. The van der Waals surface area contributed by atoms with Crippen LogP contribution in [0.25, 0.3) is 0 Å². The Balaban J connectivity index is 1.86. The lowest BCUT2D eigenvalue weighted by Crippen LogP contribution is -2.31. The first-order valence-corrected chi connectivity index (χ1v) is 9.58. The van der Waals surface area contributed by atoms with Crippen molar-refractivity contribution in [3.8, 4) is 5.75 Å². The van der Waals surface area contributed by atoms with Gasteiger partial charge in [-0.3, -0.25) is 4.79 Å². The highest BCUT2D eigenvalue weighted by atomic mass is 16.5. The predicted molar refractivity (Wildman–Crippen MR) is 115 cm³/mol. The number of benzene rings is 2. The van der Waals surface area contributed by atoms with Crippen molar-refractivity contribution in [1.29, 1.82) is 0 Å². The van der Waals surface area contributed by atoms with E-state index in [1.54, 1.807) is 26.2 Å². The first kappa shape index (κ1) is 20.3. The van der Waals surface area contributed by atoms with Crippen LogP contribution in [0.2, 0.25) is 0 Å². The topological polar surface area (TPSA) is 67.3 Å². The van der Waals surface area contributed by atoms with Gasteiger partial charge in [-0.15, -0.1) is 0 Å². The van der Waals surface area contributed by atoms with Crippen LogP contribution in [0.15, 0.2) is 60.7 Å². The number of aromatic nitrogens is 2. The smallest absolute Gasteiger partial charge is 0.274 e. The minimum absolute atomic E-state index is 0.207. The molecule has 1 amide bonds. The number of carbonyl (C=O) groups is 1. The molecular weight excluding hydrogens is 364 g/mol. The molecule has 2 aromatic carbocycles. The van der Waals surface area contributed by atoms with Gasteiger partial charge in [0.15, 0.2) is 0 Å². The van der Waals surface area contributed by atoms with E-state index in [9.17, 15) is 4.79 Å². The molecule has 0 fully saturated rings. The van der Waals surface area contributed by atoms with Crippen molar-refractivity contribution >= 4 is 17.4 Å². The molecule has 150 valence electrons. The minimum Gasteiger partial charge on any atom is -0.497 e. The maximum atomic E-state index is 12.8. The largest absolute Gasteiger partial charge is 0.497 e. The van der Waals surface area contributed by atoms with Crippen LogP contribution in [0.1, 0.15) is 35.7 Å². The van der Waals surface area contributed by atoms with Gasteiger partial charge in [0, 0.05) is 30.4 Å². The summed E-state index contributed by atoms with van der Waals surface area (Å²) in [4.78, 5) is 23.9. The number of anilines is 2. The third-order valence-corrected chi connectivity index (χ3v) is 4.50. The van der Waals surface area contributed by atoms with Crippen molar-refractivity contribution in [2.45, 2.75) is 33.4 Å². The molecule has 1 heterocycles. The molecule has 0 aliphatic rings. The van der Waals surface area contributed by atoms with E-state index in [1.165, 1.54) is 5.56 Å². The van der Waals surface area contributed by atoms with Gasteiger partial charge in [0.1, 0.15) is 23.1 Å². The first-order valence-electron chi connectivity index (χ1n) is 9.58. The number of nitrogens with zero attached hydrogens (tertiary/aromatic N) is 3. The Hall–Kier alpha value is -3.41. The highest BCUT2D eigenvalue weighted by molar-refractivity contribution is 6.03. The molecule has 29 heavy (non-hydrogen) atoms. The molecule has 6 nitrogen and oxygen atoms in total. The summed E-state index contributed by atoms with van der Waals surface area (Å²) in [5, 5.41) is 2.88. The van der Waals surface area contributed by atoms with Crippen LogP contribution >= 0.6 is 0 Å². The molecule has 0 saturated heterocycles. The van der Waals surface area contributed by atoms with Gasteiger partial charge in [0.05, 0.1) is 7.11 Å². The summed E-state index contributed by atoms with van der Waals surface area (Å²) in [5.41, 5.74) is 2.16. The summed E-state index contributed by atoms with van der Waals surface area (Å²) in [6.45, 7) is 6.71. The van der Waals surface area contributed by atoms with Crippen LogP contribution in [0.4, 0.5) is 11.5 Å². The van der Waals surface area contributed by atoms with Crippen LogP contribution in [0.3, 0.4) is 0 Å². The van der Waals surface area contributed by atoms with Crippen molar-refractivity contribution in [3.63, 3.8) is 0 Å². The van der Waals surface area contributed by atoms with E-state index >= 15 is 0 Å². The Morgan fingerprint density at radius 1 is 1.07 bits per heavy atom. The molecular formula is C23H26N4O2. The zero-order valence-corrected chi connectivity index (χ0v) is 17.2. The molecule has 0 aliphatic carbocycles. The fourth-order valence-corrected chi connectivity index (χ4v) is 3.02. The van der Waals surface area contributed by atoms with Crippen LogP contribution < -0.4 is 15.0 Å². The maximum absolute atomic E-state index is 12.8. The van der Waals surface area contributed by atoms with Gasteiger partial charge in [0.2, 0.25) is 0 Å². The highest BCUT2D eigenvalue weighted by Crippen LogP contribution is 2.21. The average molecular weight is 390 g/mol. The van der Waals surface area contributed by atoms with E-state index in [1.807, 2.05) is 36.4 Å². The van der Waals surface area contributed by atoms with Crippen molar-refractivity contribution in [2.75, 3.05) is 17.3 Å². The second-order valence-electron chi connectivity index (χ2n) is 7.05. The maximum Gasteiger partial charge on any atom is 0.274 e. The van der Waals surface area contributed by atoms with Gasteiger partial charge in [0.25, 0.3) is 5.91 Å². The quantitative estimate of drug-likeness (QED) is 0.645. The van der Waals surface area contributed by atoms with Gasteiger partial charge in [-0.1, -0.05) is 36.4 Å². The summed E-state index contributed by atoms with van der Waals surface area (Å²) in [7, 11) is 1.59. The molecule has 0 saturated carbocycles. The molecule has 0 aliphatic heterocycles. The average Bonchev–Trinajstić information content (AvgIpc) is 2.72. The number of aryl methyl sites for hydroxylation is 1. The summed E-state index contributed by atoms with van der Waals surface area (Å²) < 4.78 is 5.21. The number of amides is 1. The highest BCUT2D eigenvalue weighted by Gasteiger charge is 2.17. The molecule has 0 bridgehead atoms. The lowest BCUT2D eigenvalue weighted by molar-refractivity contribution is 0.102. The predicted octanol–water partition coefficient (Wildman–Crippen LogP) is 4.46. The van der Waals surface area contributed by atoms with Crippen molar-refractivity contribution < 1.29 is 9.53 Å². The van der Waals surface area contributed by atoms with Crippen molar-refractivity contribution in [3.05, 3.63) is 77.7 Å². The molecule has 0 radical (unpaired) electrons. The third kappa shape index (κ3) is 5.31. The summed E-state index contributed by atoms with van der Waals surface area (Å²) in [5.74, 6) is 1.67. The first-order chi connectivity index (χ1) is 14.0.